The molecule has 9 heteroatoms. The van der Waals surface area contributed by atoms with Gasteiger partial charge < -0.3 is 31.1 Å². The number of H-pyrrole nitrogens is 1. The molecule has 0 amide bonds. The number of aromatic nitrogens is 4. The van der Waals surface area contributed by atoms with Gasteiger partial charge in [0.1, 0.15) is 36.0 Å². The molecule has 0 aliphatic rings. The first kappa shape index (κ1) is 12.6. The van der Waals surface area contributed by atoms with Crippen LogP contribution in [0.3, 0.4) is 0 Å². The Morgan fingerprint density at radius 2 is 2.00 bits per heavy atom. The van der Waals surface area contributed by atoms with Crippen LogP contribution in [0.15, 0.2) is 6.33 Å². The fourth-order valence-electron chi connectivity index (χ4n) is 1.48. The van der Waals surface area contributed by atoms with E-state index in [9.17, 15) is 15.3 Å². The van der Waals surface area contributed by atoms with Gasteiger partial charge in [-0.1, -0.05) is 0 Å². The van der Waals surface area contributed by atoms with Crippen LogP contribution in [-0.4, -0.2) is 59.2 Å². The van der Waals surface area contributed by atoms with Gasteiger partial charge >= 0.3 is 0 Å². The molecule has 2 aromatic heterocycles. The van der Waals surface area contributed by atoms with Crippen molar-refractivity contribution in [3.8, 4) is 0 Å². The second-order valence-corrected chi connectivity index (χ2v) is 3.76. The van der Waals surface area contributed by atoms with Gasteiger partial charge in [-0.15, -0.1) is 0 Å². The highest BCUT2D eigenvalue weighted by Crippen LogP contribution is 2.21. The number of rotatable bonds is 4. The summed E-state index contributed by atoms with van der Waals surface area (Å²) >= 11 is 0. The Labute approximate surface area is 101 Å². The van der Waals surface area contributed by atoms with Crippen LogP contribution in [0.1, 0.15) is 11.9 Å². The van der Waals surface area contributed by atoms with E-state index >= 15 is 0 Å². The predicted molar refractivity (Wildman–Crippen MR) is 60.2 cm³/mol. The molecule has 0 saturated heterocycles. The lowest BCUT2D eigenvalue weighted by Gasteiger charge is -2.19. The fraction of sp³-hybridized carbons (Fsp3) is 0.444. The number of hydrogen-bond donors (Lipinski definition) is 6. The number of nitrogens with one attached hydrogen (secondary N) is 1. The van der Waals surface area contributed by atoms with Gasteiger partial charge in [-0.05, 0) is 0 Å². The Balaban J connectivity index is 2.34. The monoisotopic (exact) mass is 255 g/mol. The van der Waals surface area contributed by atoms with Crippen molar-refractivity contribution in [1.82, 2.24) is 19.9 Å². The molecular formula is C9H13N5O4. The topological polar surface area (TPSA) is 161 Å². The van der Waals surface area contributed by atoms with Crippen molar-refractivity contribution < 1.29 is 20.4 Å². The van der Waals surface area contributed by atoms with Crippen molar-refractivity contribution in [1.29, 1.82) is 0 Å². The molecule has 2 rings (SSSR count). The summed E-state index contributed by atoms with van der Waals surface area (Å²) in [7, 11) is 0. The molecule has 2 aromatic rings. The average molecular weight is 255 g/mol. The summed E-state index contributed by atoms with van der Waals surface area (Å²) in [5.74, 6) is 0.139. The van der Waals surface area contributed by atoms with Crippen molar-refractivity contribution in [2.45, 2.75) is 18.3 Å². The minimum atomic E-state index is -1.58. The lowest BCUT2D eigenvalue weighted by atomic mass is 10.1. The summed E-state index contributed by atoms with van der Waals surface area (Å²) in [5.41, 5.74) is 6.14. The number of nitrogen functional groups attached to an aromatic ring is 1. The van der Waals surface area contributed by atoms with Gasteiger partial charge in [0, 0.05) is 0 Å². The van der Waals surface area contributed by atoms with E-state index in [0.29, 0.717) is 5.52 Å². The number of fused-ring (bicyclic) bond motifs is 1. The second kappa shape index (κ2) is 4.82. The molecule has 0 radical (unpaired) electrons. The quantitative estimate of drug-likeness (QED) is 0.355. The molecule has 0 spiro atoms. The number of nitrogens with zero attached hydrogens (tertiary/aromatic N) is 3. The molecule has 0 saturated carbocycles. The molecule has 2 heterocycles. The number of aliphatic hydroxyl groups is 4. The highest BCUT2D eigenvalue weighted by atomic mass is 16.4. The van der Waals surface area contributed by atoms with Crippen molar-refractivity contribution in [2.24, 2.45) is 0 Å². The first-order chi connectivity index (χ1) is 8.54. The second-order valence-electron chi connectivity index (χ2n) is 3.76. The largest absolute Gasteiger partial charge is 0.394 e. The van der Waals surface area contributed by atoms with Gasteiger partial charge in [0.2, 0.25) is 0 Å². The van der Waals surface area contributed by atoms with Gasteiger partial charge in [-0.25, -0.2) is 15.0 Å². The van der Waals surface area contributed by atoms with E-state index in [4.69, 9.17) is 10.8 Å². The standard InChI is InChI=1S/C9H13N5O4/c10-7-4-8(12-2-11-7)14-9(13-4)6(18)5(17)3(16)1-15/h2-3,5-6,15-18H,1H2,(H3,10,11,12,13,14)/t3-,5-,6-/m1/s1. The lowest BCUT2D eigenvalue weighted by Crippen LogP contribution is -2.35. The van der Waals surface area contributed by atoms with Gasteiger partial charge in [0.05, 0.1) is 6.61 Å². The number of aliphatic hydroxyl groups excluding tert-OH is 4. The van der Waals surface area contributed by atoms with E-state index < -0.39 is 24.9 Å². The van der Waals surface area contributed by atoms with Crippen molar-refractivity contribution >= 4 is 17.0 Å². The number of aromatic amines is 1. The Bertz CT molecular complexity index is 545. The number of hydrogen-bond acceptors (Lipinski definition) is 8. The summed E-state index contributed by atoms with van der Waals surface area (Å²) in [6.07, 6.45) is -3.34. The van der Waals surface area contributed by atoms with Crippen LogP contribution < -0.4 is 5.73 Å². The summed E-state index contributed by atoms with van der Waals surface area (Å²) in [6.45, 7) is -0.680. The zero-order valence-electron chi connectivity index (χ0n) is 9.22. The molecule has 0 aliphatic carbocycles. The van der Waals surface area contributed by atoms with E-state index in [1.807, 2.05) is 0 Å². The molecule has 9 nitrogen and oxygen atoms in total. The maximum Gasteiger partial charge on any atom is 0.183 e. The highest BCUT2D eigenvalue weighted by Gasteiger charge is 2.28. The molecule has 18 heavy (non-hydrogen) atoms. The van der Waals surface area contributed by atoms with Gasteiger partial charge in [0.15, 0.2) is 11.5 Å². The van der Waals surface area contributed by atoms with E-state index in [1.165, 1.54) is 6.33 Å². The van der Waals surface area contributed by atoms with Gasteiger partial charge in [-0.2, -0.15) is 0 Å². The first-order valence-corrected chi connectivity index (χ1v) is 5.15. The van der Waals surface area contributed by atoms with Crippen molar-refractivity contribution in [3.05, 3.63) is 12.2 Å². The summed E-state index contributed by atoms with van der Waals surface area (Å²) in [6, 6.07) is 0. The Kier molecular flexibility index (Phi) is 3.39. The number of nitrogens with two attached hydrogens (primary N) is 1. The highest BCUT2D eigenvalue weighted by molar-refractivity contribution is 5.81. The maximum absolute atomic E-state index is 9.78. The van der Waals surface area contributed by atoms with Crippen LogP contribution in [0.4, 0.5) is 5.82 Å². The molecule has 0 unspecified atom stereocenters. The van der Waals surface area contributed by atoms with Gasteiger partial charge in [0.25, 0.3) is 0 Å². The Hall–Kier alpha value is -1.81. The molecule has 0 bridgehead atoms. The molecule has 98 valence electrons. The van der Waals surface area contributed by atoms with Crippen LogP contribution in [-0.2, 0) is 0 Å². The van der Waals surface area contributed by atoms with E-state index in [2.05, 4.69) is 19.9 Å². The van der Waals surface area contributed by atoms with Crippen molar-refractivity contribution in [3.63, 3.8) is 0 Å². The normalized spacial score (nSPS) is 16.7. The molecule has 7 N–H and O–H groups in total. The van der Waals surface area contributed by atoms with Crippen LogP contribution in [0, 0.1) is 0 Å². The average Bonchev–Trinajstić information content (AvgIpc) is 2.81. The number of imidazole rings is 1. The molecule has 0 aliphatic heterocycles. The third-order valence-corrected chi connectivity index (χ3v) is 2.52. The lowest BCUT2D eigenvalue weighted by molar-refractivity contribution is -0.0800. The Morgan fingerprint density at radius 3 is 2.61 bits per heavy atom. The molecule has 3 atom stereocenters. The maximum atomic E-state index is 9.78. The molecular weight excluding hydrogens is 242 g/mol. The smallest absolute Gasteiger partial charge is 0.183 e. The van der Waals surface area contributed by atoms with Gasteiger partial charge in [-0.3, -0.25) is 0 Å². The van der Waals surface area contributed by atoms with Crippen molar-refractivity contribution in [2.75, 3.05) is 12.3 Å². The Morgan fingerprint density at radius 1 is 1.28 bits per heavy atom. The minimum Gasteiger partial charge on any atom is -0.394 e. The van der Waals surface area contributed by atoms with Crippen LogP contribution in [0.2, 0.25) is 0 Å². The molecule has 0 fully saturated rings. The summed E-state index contributed by atoms with van der Waals surface area (Å²) < 4.78 is 0. The fourth-order valence-corrected chi connectivity index (χ4v) is 1.48. The first-order valence-electron chi connectivity index (χ1n) is 5.15. The number of anilines is 1. The zero-order chi connectivity index (χ0) is 13.3. The third-order valence-electron chi connectivity index (χ3n) is 2.52. The van der Waals surface area contributed by atoms with Crippen LogP contribution >= 0.6 is 0 Å². The summed E-state index contributed by atoms with van der Waals surface area (Å²) in [5, 5.41) is 37.2. The summed E-state index contributed by atoms with van der Waals surface area (Å²) in [4.78, 5) is 14.2. The van der Waals surface area contributed by atoms with Crippen LogP contribution in [0.5, 0.6) is 0 Å². The SMILES string of the molecule is Nc1ncnc2nc([C@H](O)[C@H](O)[C@H](O)CO)[nH]c12. The van der Waals surface area contributed by atoms with E-state index in [-0.39, 0.29) is 17.3 Å². The van der Waals surface area contributed by atoms with E-state index in [0.717, 1.165) is 0 Å². The third kappa shape index (κ3) is 2.11. The molecule has 0 aromatic carbocycles. The van der Waals surface area contributed by atoms with Crippen LogP contribution in [0.25, 0.3) is 11.2 Å². The zero-order valence-corrected chi connectivity index (χ0v) is 9.22. The van der Waals surface area contributed by atoms with E-state index in [1.54, 1.807) is 0 Å². The predicted octanol–water partition coefficient (Wildman–Crippen LogP) is -2.32. The minimum absolute atomic E-state index is 0.0165.